The zero-order chi connectivity index (χ0) is 20.1. The van der Waals surface area contributed by atoms with Gasteiger partial charge in [0.15, 0.2) is 17.2 Å². The summed E-state index contributed by atoms with van der Waals surface area (Å²) in [5.41, 5.74) is 1.61. The maximum Gasteiger partial charge on any atom is 0.363 e. The molecule has 0 aromatic heterocycles. The summed E-state index contributed by atoms with van der Waals surface area (Å²) < 4.78 is 15.4. The Balaban J connectivity index is 1.87. The fourth-order valence-corrected chi connectivity index (χ4v) is 2.71. The van der Waals surface area contributed by atoms with Gasteiger partial charge in [0.05, 0.1) is 12.1 Å². The molecule has 0 fully saturated rings. The number of hydrogen-bond donors (Lipinski definition) is 0. The highest BCUT2D eigenvalue weighted by Crippen LogP contribution is 2.37. The number of ether oxygens (including phenoxy) is 3. The summed E-state index contributed by atoms with van der Waals surface area (Å²) in [6.45, 7) is 1.26. The Kier molecular flexibility index (Phi) is 5.91. The molecule has 0 radical (unpaired) electrons. The Morgan fingerprint density at radius 1 is 1.14 bits per heavy atom. The minimum absolute atomic E-state index is 0.114. The van der Waals surface area contributed by atoms with E-state index in [2.05, 4.69) is 4.99 Å². The van der Waals surface area contributed by atoms with Gasteiger partial charge in [0.1, 0.15) is 0 Å². The number of rotatable bonds is 5. The van der Waals surface area contributed by atoms with Crippen LogP contribution in [0.25, 0.3) is 12.2 Å². The summed E-state index contributed by atoms with van der Waals surface area (Å²) >= 11 is 6.18. The Morgan fingerprint density at radius 2 is 1.89 bits per heavy atom. The lowest BCUT2D eigenvalue weighted by atomic mass is 10.1. The molecule has 0 amide bonds. The highest BCUT2D eigenvalue weighted by atomic mass is 35.5. The molecule has 28 heavy (non-hydrogen) atoms. The smallest absolute Gasteiger partial charge is 0.363 e. The van der Waals surface area contributed by atoms with E-state index in [-0.39, 0.29) is 28.1 Å². The molecule has 0 saturated heterocycles. The molecule has 0 aliphatic carbocycles. The topological polar surface area (TPSA) is 74.2 Å². The first kappa shape index (κ1) is 19.4. The summed E-state index contributed by atoms with van der Waals surface area (Å²) in [7, 11) is 1.42. The molecule has 7 heteroatoms. The van der Waals surface area contributed by atoms with Crippen LogP contribution in [-0.4, -0.2) is 24.9 Å². The van der Waals surface area contributed by atoms with E-state index in [0.29, 0.717) is 5.56 Å². The van der Waals surface area contributed by atoms with E-state index in [9.17, 15) is 9.59 Å². The van der Waals surface area contributed by atoms with Crippen LogP contribution < -0.4 is 9.47 Å². The van der Waals surface area contributed by atoms with E-state index in [4.69, 9.17) is 25.8 Å². The second kappa shape index (κ2) is 8.54. The molecule has 2 aromatic carbocycles. The van der Waals surface area contributed by atoms with Gasteiger partial charge in [-0.1, -0.05) is 41.9 Å². The molecule has 1 aliphatic heterocycles. The van der Waals surface area contributed by atoms with Crippen LogP contribution in [0.1, 0.15) is 18.1 Å². The standard InChI is InChI=1S/C21H16ClNO5/c1-13(24)27-20-16(22)10-15(12-18(20)26-2)11-17-21(25)28-19(23-17)9-8-14-6-4-3-5-7-14/h3-12H,1-2H3/b9-8+,17-11-. The van der Waals surface area contributed by atoms with Crippen LogP contribution in [0.3, 0.4) is 0 Å². The van der Waals surface area contributed by atoms with Gasteiger partial charge < -0.3 is 14.2 Å². The van der Waals surface area contributed by atoms with Crippen LogP contribution >= 0.6 is 11.6 Å². The zero-order valence-corrected chi connectivity index (χ0v) is 15.9. The predicted octanol–water partition coefficient (Wildman–Crippen LogP) is 4.28. The Morgan fingerprint density at radius 3 is 2.57 bits per heavy atom. The number of methoxy groups -OCH3 is 1. The van der Waals surface area contributed by atoms with E-state index in [1.807, 2.05) is 30.3 Å². The summed E-state index contributed by atoms with van der Waals surface area (Å²) in [6.07, 6.45) is 4.92. The fraction of sp³-hybridized carbons (Fsp3) is 0.0952. The SMILES string of the molecule is COc1cc(/C=C2N=C(/C=C/c3ccccc3)OC\2=O)cc(Cl)c1OC(C)=O. The lowest BCUT2D eigenvalue weighted by Crippen LogP contribution is -2.04. The fourth-order valence-electron chi connectivity index (χ4n) is 2.45. The Labute approximate surface area is 166 Å². The Bertz CT molecular complexity index is 1010. The number of hydrogen-bond acceptors (Lipinski definition) is 6. The van der Waals surface area contributed by atoms with Gasteiger partial charge in [-0.05, 0) is 35.4 Å². The van der Waals surface area contributed by atoms with E-state index < -0.39 is 11.9 Å². The molecule has 1 heterocycles. The van der Waals surface area contributed by atoms with Gasteiger partial charge in [-0.15, -0.1) is 0 Å². The summed E-state index contributed by atoms with van der Waals surface area (Å²) in [5.74, 6) is -0.538. The van der Waals surface area contributed by atoms with E-state index >= 15 is 0 Å². The number of cyclic esters (lactones) is 1. The molecule has 0 N–H and O–H groups in total. The third-order valence-electron chi connectivity index (χ3n) is 3.66. The first-order chi connectivity index (χ1) is 13.5. The van der Waals surface area contributed by atoms with Gasteiger partial charge in [0, 0.05) is 13.0 Å². The maximum atomic E-state index is 12.1. The highest BCUT2D eigenvalue weighted by Gasteiger charge is 2.22. The number of carbonyl (C=O) groups is 2. The van der Waals surface area contributed by atoms with Crippen LogP contribution in [0.2, 0.25) is 5.02 Å². The van der Waals surface area contributed by atoms with Gasteiger partial charge >= 0.3 is 11.9 Å². The van der Waals surface area contributed by atoms with Crippen molar-refractivity contribution in [1.29, 1.82) is 0 Å². The van der Waals surface area contributed by atoms with Crippen molar-refractivity contribution >= 4 is 41.6 Å². The first-order valence-electron chi connectivity index (χ1n) is 8.28. The second-order valence-electron chi connectivity index (χ2n) is 5.74. The van der Waals surface area contributed by atoms with Gasteiger partial charge in [0.2, 0.25) is 5.90 Å². The monoisotopic (exact) mass is 397 g/mol. The van der Waals surface area contributed by atoms with Crippen LogP contribution in [-0.2, 0) is 14.3 Å². The average Bonchev–Trinajstić information content (AvgIpc) is 3.02. The third kappa shape index (κ3) is 4.66. The lowest BCUT2D eigenvalue weighted by molar-refractivity contribution is -0.132. The molecule has 1 aliphatic rings. The molecular formula is C21H16ClNO5. The predicted molar refractivity (Wildman–Crippen MR) is 106 cm³/mol. The molecule has 0 saturated carbocycles. The highest BCUT2D eigenvalue weighted by molar-refractivity contribution is 6.32. The molecule has 0 atom stereocenters. The van der Waals surface area contributed by atoms with Gasteiger partial charge in [-0.2, -0.15) is 0 Å². The van der Waals surface area contributed by atoms with Crippen LogP contribution in [0, 0.1) is 0 Å². The molecule has 0 spiro atoms. The van der Waals surface area contributed by atoms with Crippen LogP contribution in [0.15, 0.2) is 59.2 Å². The molecule has 3 rings (SSSR count). The number of carbonyl (C=O) groups excluding carboxylic acids is 2. The van der Waals surface area contributed by atoms with Crippen molar-refractivity contribution in [3.05, 3.63) is 70.4 Å². The molecule has 6 nitrogen and oxygen atoms in total. The van der Waals surface area contributed by atoms with Gasteiger partial charge in [-0.3, -0.25) is 4.79 Å². The zero-order valence-electron chi connectivity index (χ0n) is 15.1. The number of halogens is 1. The van der Waals surface area contributed by atoms with E-state index in [0.717, 1.165) is 5.56 Å². The second-order valence-corrected chi connectivity index (χ2v) is 6.15. The van der Waals surface area contributed by atoms with Crippen LogP contribution in [0.4, 0.5) is 0 Å². The molecular weight excluding hydrogens is 382 g/mol. The molecule has 142 valence electrons. The van der Waals surface area contributed by atoms with Gasteiger partial charge in [0.25, 0.3) is 0 Å². The third-order valence-corrected chi connectivity index (χ3v) is 3.94. The van der Waals surface area contributed by atoms with Crippen molar-refractivity contribution in [3.8, 4) is 11.5 Å². The average molecular weight is 398 g/mol. The first-order valence-corrected chi connectivity index (χ1v) is 8.65. The number of benzene rings is 2. The maximum absolute atomic E-state index is 12.1. The van der Waals surface area contributed by atoms with Gasteiger partial charge in [-0.25, -0.2) is 9.79 Å². The molecule has 0 unspecified atom stereocenters. The quantitative estimate of drug-likeness (QED) is 0.427. The van der Waals surface area contributed by atoms with E-state index in [1.54, 1.807) is 18.2 Å². The largest absolute Gasteiger partial charge is 0.493 e. The van der Waals surface area contributed by atoms with Crippen molar-refractivity contribution in [1.82, 2.24) is 0 Å². The summed E-state index contributed by atoms with van der Waals surface area (Å²) in [6, 6.07) is 12.7. The number of esters is 2. The van der Waals surface area contributed by atoms with Crippen molar-refractivity contribution in [3.63, 3.8) is 0 Å². The minimum Gasteiger partial charge on any atom is -0.493 e. The van der Waals surface area contributed by atoms with Crippen molar-refractivity contribution < 1.29 is 23.8 Å². The molecule has 2 aromatic rings. The number of aliphatic imine (C=N–C) groups is 1. The van der Waals surface area contributed by atoms with Crippen LogP contribution in [0.5, 0.6) is 11.5 Å². The minimum atomic E-state index is -0.577. The molecule has 0 bridgehead atoms. The number of nitrogens with zero attached hydrogens (tertiary/aromatic N) is 1. The van der Waals surface area contributed by atoms with Crippen molar-refractivity contribution in [2.45, 2.75) is 6.92 Å². The summed E-state index contributed by atoms with van der Waals surface area (Å²) in [4.78, 5) is 27.5. The van der Waals surface area contributed by atoms with Crippen molar-refractivity contribution in [2.75, 3.05) is 7.11 Å². The lowest BCUT2D eigenvalue weighted by Gasteiger charge is -2.10. The summed E-state index contributed by atoms with van der Waals surface area (Å²) in [5, 5.41) is 0.168. The normalized spacial score (nSPS) is 14.9. The Hall–Kier alpha value is -3.38. The van der Waals surface area contributed by atoms with E-state index in [1.165, 1.54) is 26.2 Å². The van der Waals surface area contributed by atoms with Crippen molar-refractivity contribution in [2.24, 2.45) is 4.99 Å².